The summed E-state index contributed by atoms with van der Waals surface area (Å²) in [6.45, 7) is 4.33. The summed E-state index contributed by atoms with van der Waals surface area (Å²) in [4.78, 5) is 8.80. The van der Waals surface area contributed by atoms with Gasteiger partial charge in [0, 0.05) is 12.4 Å². The van der Waals surface area contributed by atoms with Crippen LogP contribution in [0.5, 0.6) is 0 Å². The highest BCUT2D eigenvalue weighted by Gasteiger charge is 2.05. The van der Waals surface area contributed by atoms with E-state index < -0.39 is 0 Å². The Kier molecular flexibility index (Phi) is 2.44. The van der Waals surface area contributed by atoms with Gasteiger partial charge in [-0.2, -0.15) is 0 Å². The molecule has 0 aliphatic heterocycles. The zero-order valence-electron chi connectivity index (χ0n) is 8.62. The third-order valence-electron chi connectivity index (χ3n) is 2.55. The van der Waals surface area contributed by atoms with E-state index in [9.17, 15) is 0 Å². The summed E-state index contributed by atoms with van der Waals surface area (Å²) in [5.74, 6) is 0. The van der Waals surface area contributed by atoms with E-state index in [1.54, 1.807) is 0 Å². The van der Waals surface area contributed by atoms with Gasteiger partial charge in [0.25, 0.3) is 0 Å². The predicted molar refractivity (Wildman–Crippen MR) is 58.3 cm³/mol. The van der Waals surface area contributed by atoms with Crippen molar-refractivity contribution in [3.8, 4) is 0 Å². The van der Waals surface area contributed by atoms with Gasteiger partial charge in [-0.1, -0.05) is 13.8 Å². The van der Waals surface area contributed by atoms with Crippen LogP contribution in [-0.2, 0) is 12.8 Å². The minimum Gasteiger partial charge on any atom is -0.254 e. The molecule has 14 heavy (non-hydrogen) atoms. The topological polar surface area (TPSA) is 25.8 Å². The SMILES string of the molecule is CCc1cnc2cccnc2c1CC. The maximum absolute atomic E-state index is 4.40. The average Bonchev–Trinajstić information content (AvgIpc) is 2.27. The maximum Gasteiger partial charge on any atom is 0.0921 e. The van der Waals surface area contributed by atoms with Gasteiger partial charge in [0.2, 0.25) is 0 Å². The first kappa shape index (κ1) is 9.13. The van der Waals surface area contributed by atoms with E-state index in [1.807, 2.05) is 24.5 Å². The molecule has 2 aromatic heterocycles. The van der Waals surface area contributed by atoms with E-state index in [0.717, 1.165) is 23.9 Å². The fourth-order valence-electron chi connectivity index (χ4n) is 1.81. The van der Waals surface area contributed by atoms with Crippen LogP contribution in [0.1, 0.15) is 25.0 Å². The largest absolute Gasteiger partial charge is 0.254 e. The second-order valence-electron chi connectivity index (χ2n) is 3.34. The van der Waals surface area contributed by atoms with Gasteiger partial charge in [-0.15, -0.1) is 0 Å². The molecule has 2 aromatic rings. The van der Waals surface area contributed by atoms with Gasteiger partial charge in [-0.25, -0.2) is 0 Å². The van der Waals surface area contributed by atoms with Gasteiger partial charge in [-0.3, -0.25) is 9.97 Å². The monoisotopic (exact) mass is 186 g/mol. The number of aromatic nitrogens is 2. The van der Waals surface area contributed by atoms with E-state index in [0.29, 0.717) is 0 Å². The van der Waals surface area contributed by atoms with Gasteiger partial charge < -0.3 is 0 Å². The zero-order valence-corrected chi connectivity index (χ0v) is 8.62. The Labute approximate surface area is 84.0 Å². The molecular formula is C12H14N2. The van der Waals surface area contributed by atoms with Gasteiger partial charge in [0.1, 0.15) is 0 Å². The van der Waals surface area contributed by atoms with Crippen LogP contribution in [0.2, 0.25) is 0 Å². The molecule has 0 saturated heterocycles. The average molecular weight is 186 g/mol. The number of hydrogen-bond acceptors (Lipinski definition) is 2. The minimum atomic E-state index is 1.00. The van der Waals surface area contributed by atoms with Crippen molar-refractivity contribution in [2.45, 2.75) is 26.7 Å². The normalized spacial score (nSPS) is 10.7. The molecule has 0 bridgehead atoms. The number of aryl methyl sites for hydroxylation is 2. The molecule has 72 valence electrons. The minimum absolute atomic E-state index is 1.00. The smallest absolute Gasteiger partial charge is 0.0921 e. The molecule has 0 aromatic carbocycles. The van der Waals surface area contributed by atoms with E-state index in [-0.39, 0.29) is 0 Å². The quantitative estimate of drug-likeness (QED) is 0.720. The molecule has 2 nitrogen and oxygen atoms in total. The highest BCUT2D eigenvalue weighted by molar-refractivity contribution is 5.78. The standard InChI is InChI=1S/C12H14N2/c1-3-9-8-14-11-6-5-7-13-12(11)10(9)4-2/h5-8H,3-4H2,1-2H3. The third-order valence-corrected chi connectivity index (χ3v) is 2.55. The van der Waals surface area contributed by atoms with E-state index in [2.05, 4.69) is 23.8 Å². The van der Waals surface area contributed by atoms with Gasteiger partial charge >= 0.3 is 0 Å². The lowest BCUT2D eigenvalue weighted by molar-refractivity contribution is 1.03. The van der Waals surface area contributed by atoms with Crippen molar-refractivity contribution >= 4 is 11.0 Å². The summed E-state index contributed by atoms with van der Waals surface area (Å²) < 4.78 is 0. The van der Waals surface area contributed by atoms with Crippen molar-refractivity contribution in [3.05, 3.63) is 35.7 Å². The summed E-state index contributed by atoms with van der Waals surface area (Å²) in [6.07, 6.45) is 5.87. The Bertz CT molecular complexity index is 449. The van der Waals surface area contributed by atoms with Gasteiger partial charge in [0.05, 0.1) is 11.0 Å². The molecule has 0 N–H and O–H groups in total. The summed E-state index contributed by atoms with van der Waals surface area (Å²) in [6, 6.07) is 3.95. The van der Waals surface area contributed by atoms with Crippen molar-refractivity contribution in [2.24, 2.45) is 0 Å². The molecule has 0 spiro atoms. The summed E-state index contributed by atoms with van der Waals surface area (Å²) in [7, 11) is 0. The first-order valence-electron chi connectivity index (χ1n) is 5.08. The van der Waals surface area contributed by atoms with E-state index in [1.165, 1.54) is 11.1 Å². The molecule has 0 radical (unpaired) electrons. The lowest BCUT2D eigenvalue weighted by Crippen LogP contribution is -1.96. The Hall–Kier alpha value is -1.44. The van der Waals surface area contributed by atoms with Crippen LogP contribution in [0.15, 0.2) is 24.5 Å². The zero-order chi connectivity index (χ0) is 9.97. The lowest BCUT2D eigenvalue weighted by Gasteiger charge is -2.07. The molecule has 0 atom stereocenters. The molecular weight excluding hydrogens is 172 g/mol. The fraction of sp³-hybridized carbons (Fsp3) is 0.333. The second-order valence-corrected chi connectivity index (χ2v) is 3.34. The first-order chi connectivity index (χ1) is 6.86. The highest BCUT2D eigenvalue weighted by atomic mass is 14.7. The Morgan fingerprint density at radius 2 is 2.00 bits per heavy atom. The van der Waals surface area contributed by atoms with Crippen LogP contribution in [0.25, 0.3) is 11.0 Å². The van der Waals surface area contributed by atoms with E-state index >= 15 is 0 Å². The maximum atomic E-state index is 4.40. The van der Waals surface area contributed by atoms with Crippen molar-refractivity contribution in [2.75, 3.05) is 0 Å². The van der Waals surface area contributed by atoms with E-state index in [4.69, 9.17) is 0 Å². The number of nitrogens with zero attached hydrogens (tertiary/aromatic N) is 2. The number of rotatable bonds is 2. The molecule has 2 heteroatoms. The fourth-order valence-corrected chi connectivity index (χ4v) is 1.81. The van der Waals surface area contributed by atoms with Gasteiger partial charge in [0.15, 0.2) is 0 Å². The van der Waals surface area contributed by atoms with Crippen LogP contribution < -0.4 is 0 Å². The second kappa shape index (κ2) is 3.74. The van der Waals surface area contributed by atoms with Crippen LogP contribution in [0, 0.1) is 0 Å². The highest BCUT2D eigenvalue weighted by Crippen LogP contribution is 2.18. The van der Waals surface area contributed by atoms with Crippen LogP contribution >= 0.6 is 0 Å². The molecule has 0 saturated carbocycles. The first-order valence-corrected chi connectivity index (χ1v) is 5.08. The molecule has 0 aliphatic rings. The van der Waals surface area contributed by atoms with Crippen molar-refractivity contribution in [1.29, 1.82) is 0 Å². The van der Waals surface area contributed by atoms with Crippen molar-refractivity contribution in [1.82, 2.24) is 9.97 Å². The Balaban J connectivity index is 2.77. The molecule has 2 heterocycles. The predicted octanol–water partition coefficient (Wildman–Crippen LogP) is 2.75. The van der Waals surface area contributed by atoms with Crippen LogP contribution in [-0.4, -0.2) is 9.97 Å². The number of hydrogen-bond donors (Lipinski definition) is 0. The Morgan fingerprint density at radius 3 is 2.71 bits per heavy atom. The number of pyridine rings is 2. The molecule has 0 aliphatic carbocycles. The lowest BCUT2D eigenvalue weighted by atomic mass is 10.0. The summed E-state index contributed by atoms with van der Waals surface area (Å²) >= 11 is 0. The summed E-state index contributed by atoms with van der Waals surface area (Å²) in [5.41, 5.74) is 4.73. The van der Waals surface area contributed by atoms with Gasteiger partial charge in [-0.05, 0) is 36.1 Å². The molecule has 2 rings (SSSR count). The number of fused-ring (bicyclic) bond motifs is 1. The van der Waals surface area contributed by atoms with Crippen molar-refractivity contribution < 1.29 is 0 Å². The molecule has 0 fully saturated rings. The Morgan fingerprint density at radius 1 is 1.14 bits per heavy atom. The third kappa shape index (κ3) is 1.37. The summed E-state index contributed by atoms with van der Waals surface area (Å²) in [5, 5.41) is 0. The van der Waals surface area contributed by atoms with Crippen LogP contribution in [0.4, 0.5) is 0 Å². The van der Waals surface area contributed by atoms with Crippen LogP contribution in [0.3, 0.4) is 0 Å². The van der Waals surface area contributed by atoms with Crippen molar-refractivity contribution in [3.63, 3.8) is 0 Å². The molecule has 0 unspecified atom stereocenters. The molecule has 0 amide bonds.